The standard InChI is InChI=1S/C16H21N3O3/c1-9-8-13(18-21-9)14-6-5-7-19(14)16(20)10(2)15-11(3)17-22-12(15)4/h8,10,14H,5-7H2,1-4H3. The molecule has 1 aliphatic heterocycles. The summed E-state index contributed by atoms with van der Waals surface area (Å²) in [6.45, 7) is 8.26. The largest absolute Gasteiger partial charge is 0.361 e. The van der Waals surface area contributed by atoms with Gasteiger partial charge in [-0.05, 0) is 40.5 Å². The van der Waals surface area contributed by atoms with Gasteiger partial charge < -0.3 is 13.9 Å². The van der Waals surface area contributed by atoms with Crippen LogP contribution in [0.15, 0.2) is 15.1 Å². The molecule has 0 aliphatic carbocycles. The Morgan fingerprint density at radius 3 is 2.68 bits per heavy atom. The first-order valence-electron chi connectivity index (χ1n) is 7.65. The van der Waals surface area contributed by atoms with Crippen LogP contribution >= 0.6 is 0 Å². The first-order valence-corrected chi connectivity index (χ1v) is 7.65. The van der Waals surface area contributed by atoms with Gasteiger partial charge in [0, 0.05) is 18.2 Å². The van der Waals surface area contributed by atoms with Crippen molar-refractivity contribution in [2.24, 2.45) is 0 Å². The van der Waals surface area contributed by atoms with Gasteiger partial charge in [-0.2, -0.15) is 0 Å². The molecule has 2 unspecified atom stereocenters. The van der Waals surface area contributed by atoms with Crippen molar-refractivity contribution >= 4 is 5.91 Å². The first-order chi connectivity index (χ1) is 10.5. The Morgan fingerprint density at radius 2 is 2.09 bits per heavy atom. The van der Waals surface area contributed by atoms with Crippen molar-refractivity contribution in [1.29, 1.82) is 0 Å². The molecule has 1 aliphatic rings. The van der Waals surface area contributed by atoms with Crippen LogP contribution in [0.5, 0.6) is 0 Å². The van der Waals surface area contributed by atoms with Gasteiger partial charge in [0.1, 0.15) is 17.2 Å². The summed E-state index contributed by atoms with van der Waals surface area (Å²) in [7, 11) is 0. The van der Waals surface area contributed by atoms with Crippen LogP contribution in [0.4, 0.5) is 0 Å². The number of likely N-dealkylation sites (tertiary alicyclic amines) is 1. The first kappa shape index (κ1) is 14.8. The lowest BCUT2D eigenvalue weighted by atomic mass is 9.97. The van der Waals surface area contributed by atoms with Crippen molar-refractivity contribution in [2.75, 3.05) is 6.54 Å². The number of aromatic nitrogens is 2. The van der Waals surface area contributed by atoms with Crippen molar-refractivity contribution in [3.63, 3.8) is 0 Å². The van der Waals surface area contributed by atoms with E-state index in [0.29, 0.717) is 5.76 Å². The molecular weight excluding hydrogens is 282 g/mol. The number of carbonyl (C=O) groups excluding carboxylic acids is 1. The van der Waals surface area contributed by atoms with Crippen molar-refractivity contribution in [3.05, 3.63) is 34.5 Å². The van der Waals surface area contributed by atoms with Gasteiger partial charge in [-0.15, -0.1) is 0 Å². The van der Waals surface area contributed by atoms with E-state index in [4.69, 9.17) is 9.05 Å². The van der Waals surface area contributed by atoms with Crippen LogP contribution in [0.2, 0.25) is 0 Å². The molecule has 118 valence electrons. The highest BCUT2D eigenvalue weighted by Gasteiger charge is 2.36. The predicted molar refractivity (Wildman–Crippen MR) is 79.3 cm³/mol. The average molecular weight is 303 g/mol. The van der Waals surface area contributed by atoms with Crippen LogP contribution in [0.3, 0.4) is 0 Å². The molecule has 1 amide bonds. The molecule has 0 N–H and O–H groups in total. The molecule has 2 aromatic rings. The van der Waals surface area contributed by atoms with E-state index in [1.54, 1.807) is 0 Å². The fourth-order valence-electron chi connectivity index (χ4n) is 3.36. The summed E-state index contributed by atoms with van der Waals surface area (Å²) in [6.07, 6.45) is 1.91. The summed E-state index contributed by atoms with van der Waals surface area (Å²) >= 11 is 0. The maximum Gasteiger partial charge on any atom is 0.230 e. The average Bonchev–Trinajstić information content (AvgIpc) is 3.18. The number of amides is 1. The number of rotatable bonds is 3. The van der Waals surface area contributed by atoms with Gasteiger partial charge in [-0.1, -0.05) is 10.3 Å². The second-order valence-electron chi connectivity index (χ2n) is 6.01. The quantitative estimate of drug-likeness (QED) is 0.871. The molecule has 0 radical (unpaired) electrons. The molecule has 1 saturated heterocycles. The fourth-order valence-corrected chi connectivity index (χ4v) is 3.36. The Labute approximate surface area is 129 Å². The summed E-state index contributed by atoms with van der Waals surface area (Å²) in [6, 6.07) is 1.92. The zero-order chi connectivity index (χ0) is 15.9. The Bertz CT molecular complexity index is 669. The third-order valence-electron chi connectivity index (χ3n) is 4.42. The SMILES string of the molecule is Cc1cc(C2CCCN2C(=O)C(C)c2c(C)noc2C)no1. The number of aryl methyl sites for hydroxylation is 3. The Kier molecular flexibility index (Phi) is 3.76. The molecule has 0 saturated carbocycles. The van der Waals surface area contributed by atoms with Crippen molar-refractivity contribution in [3.8, 4) is 0 Å². The lowest BCUT2D eigenvalue weighted by Crippen LogP contribution is -2.34. The monoisotopic (exact) mass is 303 g/mol. The zero-order valence-electron chi connectivity index (χ0n) is 13.4. The third-order valence-corrected chi connectivity index (χ3v) is 4.42. The highest BCUT2D eigenvalue weighted by molar-refractivity contribution is 5.84. The maximum absolute atomic E-state index is 12.9. The highest BCUT2D eigenvalue weighted by Crippen LogP contribution is 2.35. The second-order valence-corrected chi connectivity index (χ2v) is 6.01. The Morgan fingerprint density at radius 1 is 1.32 bits per heavy atom. The molecule has 2 aromatic heterocycles. The van der Waals surface area contributed by atoms with Crippen molar-refractivity contribution in [1.82, 2.24) is 15.2 Å². The van der Waals surface area contributed by atoms with Gasteiger partial charge in [-0.3, -0.25) is 4.79 Å². The lowest BCUT2D eigenvalue weighted by molar-refractivity contribution is -0.133. The lowest BCUT2D eigenvalue weighted by Gasteiger charge is -2.26. The summed E-state index contributed by atoms with van der Waals surface area (Å²) in [4.78, 5) is 14.8. The van der Waals surface area contributed by atoms with Crippen molar-refractivity contribution in [2.45, 2.75) is 52.5 Å². The van der Waals surface area contributed by atoms with Gasteiger partial charge in [0.15, 0.2) is 0 Å². The zero-order valence-corrected chi connectivity index (χ0v) is 13.4. The molecular formula is C16H21N3O3. The maximum atomic E-state index is 12.9. The second kappa shape index (κ2) is 5.59. The van der Waals surface area contributed by atoms with Gasteiger partial charge in [-0.25, -0.2) is 0 Å². The van der Waals surface area contributed by atoms with Crippen LogP contribution in [0.1, 0.15) is 60.2 Å². The minimum absolute atomic E-state index is 0.00729. The fraction of sp³-hybridized carbons (Fsp3) is 0.562. The molecule has 0 spiro atoms. The van der Waals surface area contributed by atoms with Crippen LogP contribution in [0.25, 0.3) is 0 Å². The molecule has 0 bridgehead atoms. The number of hydrogen-bond donors (Lipinski definition) is 0. The molecule has 2 atom stereocenters. The minimum atomic E-state index is -0.264. The van der Waals surface area contributed by atoms with Crippen LogP contribution < -0.4 is 0 Å². The van der Waals surface area contributed by atoms with Crippen LogP contribution in [0, 0.1) is 20.8 Å². The van der Waals surface area contributed by atoms with Crippen LogP contribution in [-0.4, -0.2) is 27.7 Å². The van der Waals surface area contributed by atoms with Gasteiger partial charge in [0.05, 0.1) is 17.7 Å². The molecule has 22 heavy (non-hydrogen) atoms. The highest BCUT2D eigenvalue weighted by atomic mass is 16.5. The molecule has 0 aromatic carbocycles. The molecule has 1 fully saturated rings. The van der Waals surface area contributed by atoms with Gasteiger partial charge in [0.25, 0.3) is 0 Å². The Hall–Kier alpha value is -2.11. The number of carbonyl (C=O) groups is 1. The van der Waals surface area contributed by atoms with E-state index in [-0.39, 0.29) is 17.9 Å². The summed E-state index contributed by atoms with van der Waals surface area (Å²) in [5, 5.41) is 8.04. The van der Waals surface area contributed by atoms with E-state index in [1.807, 2.05) is 38.7 Å². The smallest absolute Gasteiger partial charge is 0.230 e. The van der Waals surface area contributed by atoms with Gasteiger partial charge >= 0.3 is 0 Å². The van der Waals surface area contributed by atoms with E-state index in [0.717, 1.165) is 42.1 Å². The van der Waals surface area contributed by atoms with E-state index in [9.17, 15) is 4.79 Å². The van der Waals surface area contributed by atoms with Crippen molar-refractivity contribution < 1.29 is 13.8 Å². The van der Waals surface area contributed by atoms with Crippen LogP contribution in [-0.2, 0) is 4.79 Å². The molecule has 6 heteroatoms. The minimum Gasteiger partial charge on any atom is -0.361 e. The van der Waals surface area contributed by atoms with Gasteiger partial charge in [0.2, 0.25) is 5.91 Å². The Balaban J connectivity index is 1.84. The topological polar surface area (TPSA) is 72.4 Å². The number of hydrogen-bond acceptors (Lipinski definition) is 5. The summed E-state index contributed by atoms with van der Waals surface area (Å²) in [5.41, 5.74) is 2.52. The number of nitrogens with zero attached hydrogens (tertiary/aromatic N) is 3. The predicted octanol–water partition coefficient (Wildman–Crippen LogP) is 3.06. The normalized spacial score (nSPS) is 19.6. The van der Waals surface area contributed by atoms with E-state index < -0.39 is 0 Å². The van der Waals surface area contributed by atoms with E-state index in [1.165, 1.54) is 0 Å². The third kappa shape index (κ3) is 2.42. The van der Waals surface area contributed by atoms with E-state index in [2.05, 4.69) is 10.3 Å². The molecule has 3 rings (SSSR count). The summed E-state index contributed by atoms with van der Waals surface area (Å²) in [5.74, 6) is 1.32. The summed E-state index contributed by atoms with van der Waals surface area (Å²) < 4.78 is 10.4. The molecule has 3 heterocycles. The van der Waals surface area contributed by atoms with E-state index >= 15 is 0 Å². The molecule has 6 nitrogen and oxygen atoms in total.